The fourth-order valence-corrected chi connectivity index (χ4v) is 1.95. The predicted molar refractivity (Wildman–Crippen MR) is 95.3 cm³/mol. The number of hydrogen-bond donors (Lipinski definition) is 0. The van der Waals surface area contributed by atoms with E-state index in [0.717, 1.165) is 5.56 Å². The van der Waals surface area contributed by atoms with Crippen molar-refractivity contribution in [3.05, 3.63) is 29.8 Å². The molecule has 1 amide bonds. The van der Waals surface area contributed by atoms with Crippen molar-refractivity contribution < 1.29 is 19.1 Å². The molecule has 0 heterocycles. The van der Waals surface area contributed by atoms with Crippen LogP contribution >= 0.6 is 0 Å². The zero-order valence-corrected chi connectivity index (χ0v) is 16.0. The van der Waals surface area contributed by atoms with E-state index in [9.17, 15) is 9.59 Å². The lowest BCUT2D eigenvalue weighted by Gasteiger charge is -2.25. The highest BCUT2D eigenvalue weighted by atomic mass is 16.6. The minimum Gasteiger partial charge on any atom is -0.460 e. The number of hydrogen-bond acceptors (Lipinski definition) is 4. The highest BCUT2D eigenvalue weighted by Crippen LogP contribution is 2.24. The zero-order valence-electron chi connectivity index (χ0n) is 16.0. The standard InChI is InChI=1S/C19H29NO4/c1-13(16(21)23-18(2,3)4)14-9-11-15(12-10-14)20(8)17(22)24-19(5,6)7/h9-13H,1-8H3. The second-order valence-electron chi connectivity index (χ2n) is 7.89. The van der Waals surface area contributed by atoms with Gasteiger partial charge in [-0.3, -0.25) is 9.69 Å². The number of amides is 1. The van der Waals surface area contributed by atoms with Gasteiger partial charge in [0, 0.05) is 12.7 Å². The van der Waals surface area contributed by atoms with Crippen molar-refractivity contribution in [3.63, 3.8) is 0 Å². The molecule has 0 saturated carbocycles. The highest BCUT2D eigenvalue weighted by molar-refractivity contribution is 5.87. The fourth-order valence-electron chi connectivity index (χ4n) is 1.95. The molecule has 0 aromatic heterocycles. The molecule has 1 unspecified atom stereocenters. The van der Waals surface area contributed by atoms with Crippen LogP contribution in [0.5, 0.6) is 0 Å². The van der Waals surface area contributed by atoms with E-state index in [4.69, 9.17) is 9.47 Å². The van der Waals surface area contributed by atoms with Crippen LogP contribution in [0.25, 0.3) is 0 Å². The molecule has 0 radical (unpaired) electrons. The third-order valence-corrected chi connectivity index (χ3v) is 3.21. The Balaban J connectivity index is 2.82. The molecule has 0 N–H and O–H groups in total. The van der Waals surface area contributed by atoms with Crippen molar-refractivity contribution in [2.24, 2.45) is 0 Å². The normalized spacial score (nSPS) is 13.2. The van der Waals surface area contributed by atoms with Gasteiger partial charge in [-0.25, -0.2) is 4.79 Å². The maximum Gasteiger partial charge on any atom is 0.414 e. The Morgan fingerprint density at radius 3 is 1.79 bits per heavy atom. The number of rotatable bonds is 3. The summed E-state index contributed by atoms with van der Waals surface area (Å²) in [6.45, 7) is 12.8. The smallest absolute Gasteiger partial charge is 0.414 e. The van der Waals surface area contributed by atoms with E-state index in [0.29, 0.717) is 5.69 Å². The second kappa shape index (κ2) is 7.24. The average molecular weight is 335 g/mol. The molecule has 0 spiro atoms. The van der Waals surface area contributed by atoms with Gasteiger partial charge >= 0.3 is 12.1 Å². The number of nitrogens with zero attached hydrogens (tertiary/aromatic N) is 1. The first kappa shape index (κ1) is 20.0. The van der Waals surface area contributed by atoms with E-state index in [2.05, 4.69) is 0 Å². The second-order valence-corrected chi connectivity index (χ2v) is 7.89. The SMILES string of the molecule is CC(C(=O)OC(C)(C)C)c1ccc(N(C)C(=O)OC(C)(C)C)cc1. The van der Waals surface area contributed by atoms with Gasteiger partial charge in [0.1, 0.15) is 11.2 Å². The molecule has 1 atom stereocenters. The molecule has 0 aliphatic rings. The molecule has 134 valence electrons. The maximum absolute atomic E-state index is 12.1. The Morgan fingerprint density at radius 1 is 0.917 bits per heavy atom. The fraction of sp³-hybridized carbons (Fsp3) is 0.579. The first-order chi connectivity index (χ1) is 10.8. The van der Waals surface area contributed by atoms with Crippen LogP contribution in [0, 0.1) is 0 Å². The van der Waals surface area contributed by atoms with Crippen molar-refractivity contribution in [3.8, 4) is 0 Å². The molecular weight excluding hydrogens is 306 g/mol. The van der Waals surface area contributed by atoms with E-state index in [1.54, 1.807) is 26.1 Å². The largest absolute Gasteiger partial charge is 0.460 e. The Labute approximate surface area is 144 Å². The van der Waals surface area contributed by atoms with E-state index in [1.165, 1.54) is 4.90 Å². The van der Waals surface area contributed by atoms with Crippen LogP contribution in [0.4, 0.5) is 10.5 Å². The van der Waals surface area contributed by atoms with E-state index >= 15 is 0 Å². The van der Waals surface area contributed by atoms with Gasteiger partial charge in [-0.1, -0.05) is 12.1 Å². The Morgan fingerprint density at radius 2 is 1.38 bits per heavy atom. The van der Waals surface area contributed by atoms with Crippen LogP contribution in [0.3, 0.4) is 0 Å². The zero-order chi connectivity index (χ0) is 18.7. The molecule has 0 bridgehead atoms. The summed E-state index contributed by atoms with van der Waals surface area (Å²) in [7, 11) is 1.65. The van der Waals surface area contributed by atoms with Crippen molar-refractivity contribution in [1.29, 1.82) is 0 Å². The van der Waals surface area contributed by atoms with Gasteiger partial charge in [-0.05, 0) is 66.2 Å². The molecular formula is C19H29NO4. The van der Waals surface area contributed by atoms with Gasteiger partial charge in [0.2, 0.25) is 0 Å². The van der Waals surface area contributed by atoms with Crippen molar-refractivity contribution in [2.75, 3.05) is 11.9 Å². The summed E-state index contributed by atoms with van der Waals surface area (Å²) in [6.07, 6.45) is -0.421. The topological polar surface area (TPSA) is 55.8 Å². The minimum atomic E-state index is -0.545. The number of benzene rings is 1. The molecule has 0 aliphatic carbocycles. The summed E-state index contributed by atoms with van der Waals surface area (Å²) in [5.41, 5.74) is 0.480. The molecule has 0 fully saturated rings. The number of ether oxygens (including phenoxy) is 2. The average Bonchev–Trinajstić information content (AvgIpc) is 2.42. The minimum absolute atomic E-state index is 0.268. The lowest BCUT2D eigenvalue weighted by Crippen LogP contribution is -2.34. The summed E-state index contributed by atoms with van der Waals surface area (Å²) in [4.78, 5) is 25.6. The van der Waals surface area contributed by atoms with Gasteiger partial charge < -0.3 is 9.47 Å². The third-order valence-electron chi connectivity index (χ3n) is 3.21. The number of anilines is 1. The molecule has 1 rings (SSSR count). The van der Waals surface area contributed by atoms with Crippen molar-refractivity contribution in [1.82, 2.24) is 0 Å². The predicted octanol–water partition coefficient (Wildman–Crippen LogP) is 4.50. The van der Waals surface area contributed by atoms with E-state index in [1.807, 2.05) is 53.7 Å². The number of carbonyl (C=O) groups excluding carboxylic acids is 2. The lowest BCUT2D eigenvalue weighted by atomic mass is 10.0. The van der Waals surface area contributed by atoms with E-state index < -0.39 is 17.3 Å². The Hall–Kier alpha value is -2.04. The summed E-state index contributed by atoms with van der Waals surface area (Å²) in [5, 5.41) is 0. The van der Waals surface area contributed by atoms with Crippen LogP contribution in [0.15, 0.2) is 24.3 Å². The van der Waals surface area contributed by atoms with Crippen LogP contribution < -0.4 is 4.90 Å². The van der Waals surface area contributed by atoms with E-state index in [-0.39, 0.29) is 11.9 Å². The molecule has 5 nitrogen and oxygen atoms in total. The van der Waals surface area contributed by atoms with Gasteiger partial charge in [0.15, 0.2) is 0 Å². The molecule has 0 aliphatic heterocycles. The van der Waals surface area contributed by atoms with Gasteiger partial charge in [0.25, 0.3) is 0 Å². The first-order valence-electron chi connectivity index (χ1n) is 8.10. The highest BCUT2D eigenvalue weighted by Gasteiger charge is 2.24. The summed E-state index contributed by atoms with van der Waals surface area (Å²) in [5.74, 6) is -0.638. The number of esters is 1. The molecule has 24 heavy (non-hydrogen) atoms. The Bertz CT molecular complexity index is 526. The monoisotopic (exact) mass is 335 g/mol. The maximum atomic E-state index is 12.1. The summed E-state index contributed by atoms with van der Waals surface area (Å²) < 4.78 is 10.7. The lowest BCUT2D eigenvalue weighted by molar-refractivity contribution is -0.156. The summed E-state index contributed by atoms with van der Waals surface area (Å²) >= 11 is 0. The molecule has 1 aromatic rings. The third kappa shape index (κ3) is 6.22. The first-order valence-corrected chi connectivity index (χ1v) is 8.10. The van der Waals surface area contributed by atoms with Crippen LogP contribution in [-0.2, 0) is 14.3 Å². The van der Waals surface area contributed by atoms with Crippen molar-refractivity contribution >= 4 is 17.7 Å². The van der Waals surface area contributed by atoms with Crippen LogP contribution in [0.2, 0.25) is 0 Å². The van der Waals surface area contributed by atoms with Gasteiger partial charge in [0.05, 0.1) is 5.92 Å². The van der Waals surface area contributed by atoms with Crippen LogP contribution in [-0.4, -0.2) is 30.3 Å². The summed E-state index contributed by atoms with van der Waals surface area (Å²) in [6, 6.07) is 7.23. The van der Waals surface area contributed by atoms with Gasteiger partial charge in [-0.2, -0.15) is 0 Å². The quantitative estimate of drug-likeness (QED) is 0.763. The number of carbonyl (C=O) groups is 2. The van der Waals surface area contributed by atoms with Crippen molar-refractivity contribution in [2.45, 2.75) is 65.6 Å². The molecule has 0 saturated heterocycles. The Kier molecular flexibility index (Phi) is 6.04. The van der Waals surface area contributed by atoms with Gasteiger partial charge in [-0.15, -0.1) is 0 Å². The molecule has 1 aromatic carbocycles. The molecule has 5 heteroatoms. The van der Waals surface area contributed by atoms with Crippen LogP contribution in [0.1, 0.15) is 59.9 Å².